The fraction of sp³-hybridized carbons (Fsp3) is 0.111. The summed E-state index contributed by atoms with van der Waals surface area (Å²) in [5, 5.41) is 6.65. The Morgan fingerprint density at radius 3 is 2.39 bits per heavy atom. The van der Waals surface area contributed by atoms with Crippen molar-refractivity contribution in [3.63, 3.8) is 0 Å². The molecule has 0 spiro atoms. The lowest BCUT2D eigenvalue weighted by molar-refractivity contribution is 0.252. The summed E-state index contributed by atoms with van der Waals surface area (Å²) in [5.41, 5.74) is 2.82. The third kappa shape index (κ3) is 3.96. The summed E-state index contributed by atoms with van der Waals surface area (Å²) in [7, 11) is 0. The van der Waals surface area contributed by atoms with Gasteiger partial charge < -0.3 is 10.6 Å². The van der Waals surface area contributed by atoms with Crippen molar-refractivity contribution in [2.45, 2.75) is 13.5 Å². The molecular formula is C18H17N3OS. The number of carbonyl (C=O) groups is 1. The molecule has 0 radical (unpaired) electrons. The second-order valence-electron chi connectivity index (χ2n) is 5.07. The zero-order chi connectivity index (χ0) is 16.1. The minimum atomic E-state index is -0.217. The van der Waals surface area contributed by atoms with Crippen LogP contribution >= 0.6 is 11.3 Å². The van der Waals surface area contributed by atoms with Crippen molar-refractivity contribution in [2.24, 2.45) is 0 Å². The second-order valence-corrected chi connectivity index (χ2v) is 6.15. The fourth-order valence-electron chi connectivity index (χ4n) is 2.15. The smallest absolute Gasteiger partial charge is 0.319 e. The minimum absolute atomic E-state index is 0.217. The molecule has 116 valence electrons. The van der Waals surface area contributed by atoms with Gasteiger partial charge >= 0.3 is 6.03 Å². The van der Waals surface area contributed by atoms with E-state index in [2.05, 4.69) is 15.6 Å². The first-order valence-corrected chi connectivity index (χ1v) is 8.15. The number of nitrogens with one attached hydrogen (secondary N) is 2. The number of amides is 2. The highest BCUT2D eigenvalue weighted by Gasteiger charge is 2.10. The molecule has 1 aromatic heterocycles. The number of urea groups is 1. The molecule has 2 N–H and O–H groups in total. The van der Waals surface area contributed by atoms with Crippen LogP contribution in [0.4, 0.5) is 10.5 Å². The molecule has 5 heteroatoms. The van der Waals surface area contributed by atoms with Gasteiger partial charge in [0, 0.05) is 16.1 Å². The molecule has 2 aromatic carbocycles. The number of aryl methyl sites for hydroxylation is 1. The topological polar surface area (TPSA) is 54.0 Å². The fourth-order valence-corrected chi connectivity index (χ4v) is 3.16. The van der Waals surface area contributed by atoms with Crippen LogP contribution < -0.4 is 10.6 Å². The first-order valence-electron chi connectivity index (χ1n) is 7.34. The van der Waals surface area contributed by atoms with Crippen LogP contribution in [-0.2, 0) is 6.54 Å². The summed E-state index contributed by atoms with van der Waals surface area (Å²) in [6.45, 7) is 2.43. The van der Waals surface area contributed by atoms with Gasteiger partial charge in [0.05, 0.1) is 12.2 Å². The summed E-state index contributed by atoms with van der Waals surface area (Å²) >= 11 is 1.61. The van der Waals surface area contributed by atoms with E-state index in [0.29, 0.717) is 6.54 Å². The molecule has 2 amide bonds. The Kier molecular flexibility index (Phi) is 4.68. The zero-order valence-corrected chi connectivity index (χ0v) is 13.6. The maximum absolute atomic E-state index is 11.9. The highest BCUT2D eigenvalue weighted by molar-refractivity contribution is 7.15. The van der Waals surface area contributed by atoms with Crippen LogP contribution in [0.1, 0.15) is 10.6 Å². The van der Waals surface area contributed by atoms with E-state index in [1.807, 2.05) is 67.6 Å². The standard InChI is InChI=1S/C18H17N3OS/c1-13-16(23-17(20-13)14-8-4-2-5-9-14)12-19-18(22)21-15-10-6-3-7-11-15/h2-11H,12H2,1H3,(H2,19,21,22). The lowest BCUT2D eigenvalue weighted by atomic mass is 10.2. The molecule has 0 bridgehead atoms. The van der Waals surface area contributed by atoms with E-state index in [4.69, 9.17) is 0 Å². The third-order valence-electron chi connectivity index (χ3n) is 3.35. The van der Waals surface area contributed by atoms with Crippen molar-refractivity contribution >= 4 is 23.1 Å². The van der Waals surface area contributed by atoms with E-state index < -0.39 is 0 Å². The maximum atomic E-state index is 11.9. The van der Waals surface area contributed by atoms with Gasteiger partial charge in [-0.1, -0.05) is 48.5 Å². The van der Waals surface area contributed by atoms with Crippen LogP contribution in [0.3, 0.4) is 0 Å². The summed E-state index contributed by atoms with van der Waals surface area (Å²) in [6.07, 6.45) is 0. The number of aromatic nitrogens is 1. The Bertz CT molecular complexity index is 785. The van der Waals surface area contributed by atoms with Crippen molar-refractivity contribution < 1.29 is 4.79 Å². The normalized spacial score (nSPS) is 10.3. The van der Waals surface area contributed by atoms with E-state index in [1.165, 1.54) is 0 Å². The van der Waals surface area contributed by atoms with Gasteiger partial charge in [-0.05, 0) is 19.1 Å². The van der Waals surface area contributed by atoms with Gasteiger partial charge in [-0.2, -0.15) is 0 Å². The Labute approximate surface area is 139 Å². The summed E-state index contributed by atoms with van der Waals surface area (Å²) in [5.74, 6) is 0. The first kappa shape index (κ1) is 15.2. The largest absolute Gasteiger partial charge is 0.333 e. The maximum Gasteiger partial charge on any atom is 0.319 e. The highest BCUT2D eigenvalue weighted by atomic mass is 32.1. The Morgan fingerprint density at radius 1 is 1.04 bits per heavy atom. The molecule has 0 fully saturated rings. The van der Waals surface area contributed by atoms with Crippen molar-refractivity contribution in [2.75, 3.05) is 5.32 Å². The zero-order valence-electron chi connectivity index (χ0n) is 12.7. The molecule has 4 nitrogen and oxygen atoms in total. The molecule has 0 atom stereocenters. The summed E-state index contributed by atoms with van der Waals surface area (Å²) in [6, 6.07) is 19.2. The lowest BCUT2D eigenvalue weighted by Gasteiger charge is -2.06. The van der Waals surface area contributed by atoms with E-state index >= 15 is 0 Å². The molecule has 0 aliphatic carbocycles. The third-order valence-corrected chi connectivity index (χ3v) is 4.56. The SMILES string of the molecule is Cc1nc(-c2ccccc2)sc1CNC(=O)Nc1ccccc1. The number of hydrogen-bond acceptors (Lipinski definition) is 3. The predicted molar refractivity (Wildman–Crippen MR) is 94.6 cm³/mol. The van der Waals surface area contributed by atoms with Crippen LogP contribution in [0.15, 0.2) is 60.7 Å². The van der Waals surface area contributed by atoms with Gasteiger partial charge in [0.1, 0.15) is 5.01 Å². The quantitative estimate of drug-likeness (QED) is 0.746. The molecular weight excluding hydrogens is 306 g/mol. The predicted octanol–water partition coefficient (Wildman–Crippen LogP) is 4.44. The molecule has 3 rings (SSSR count). The van der Waals surface area contributed by atoms with Crippen molar-refractivity contribution in [3.05, 3.63) is 71.2 Å². The molecule has 0 unspecified atom stereocenters. The van der Waals surface area contributed by atoms with Crippen LogP contribution in [0.2, 0.25) is 0 Å². The van der Waals surface area contributed by atoms with E-state index in [0.717, 1.165) is 26.8 Å². The molecule has 1 heterocycles. The Morgan fingerprint density at radius 2 is 1.70 bits per heavy atom. The molecule has 23 heavy (non-hydrogen) atoms. The van der Waals surface area contributed by atoms with Gasteiger partial charge in [0.2, 0.25) is 0 Å². The van der Waals surface area contributed by atoms with Crippen molar-refractivity contribution in [1.82, 2.24) is 10.3 Å². The number of thiazole rings is 1. The van der Waals surface area contributed by atoms with Gasteiger partial charge in [0.25, 0.3) is 0 Å². The van der Waals surface area contributed by atoms with Gasteiger partial charge in [-0.3, -0.25) is 0 Å². The highest BCUT2D eigenvalue weighted by Crippen LogP contribution is 2.27. The average Bonchev–Trinajstić information content (AvgIpc) is 2.96. The molecule has 3 aromatic rings. The van der Waals surface area contributed by atoms with E-state index in [-0.39, 0.29) is 6.03 Å². The summed E-state index contributed by atoms with van der Waals surface area (Å²) in [4.78, 5) is 17.6. The number of anilines is 1. The van der Waals surface area contributed by atoms with Gasteiger partial charge in [-0.15, -0.1) is 11.3 Å². The Hall–Kier alpha value is -2.66. The monoisotopic (exact) mass is 323 g/mol. The molecule has 0 aliphatic heterocycles. The number of para-hydroxylation sites is 1. The van der Waals surface area contributed by atoms with Crippen molar-refractivity contribution in [1.29, 1.82) is 0 Å². The van der Waals surface area contributed by atoms with E-state index in [1.54, 1.807) is 11.3 Å². The van der Waals surface area contributed by atoms with Crippen molar-refractivity contribution in [3.8, 4) is 10.6 Å². The number of nitrogens with zero attached hydrogens (tertiary/aromatic N) is 1. The number of rotatable bonds is 4. The number of carbonyl (C=O) groups excluding carboxylic acids is 1. The van der Waals surface area contributed by atoms with Crippen LogP contribution in [0, 0.1) is 6.92 Å². The summed E-state index contributed by atoms with van der Waals surface area (Å²) < 4.78 is 0. The second kappa shape index (κ2) is 7.07. The first-order chi connectivity index (χ1) is 11.2. The van der Waals surface area contributed by atoms with Crippen LogP contribution in [0.5, 0.6) is 0 Å². The lowest BCUT2D eigenvalue weighted by Crippen LogP contribution is -2.28. The minimum Gasteiger partial charge on any atom is -0.333 e. The number of benzene rings is 2. The van der Waals surface area contributed by atoms with Gasteiger partial charge in [0.15, 0.2) is 0 Å². The number of hydrogen-bond donors (Lipinski definition) is 2. The van der Waals surface area contributed by atoms with E-state index in [9.17, 15) is 4.79 Å². The molecule has 0 saturated carbocycles. The molecule has 0 aliphatic rings. The van der Waals surface area contributed by atoms with Crippen LogP contribution in [-0.4, -0.2) is 11.0 Å². The molecule has 0 saturated heterocycles. The van der Waals surface area contributed by atoms with Crippen LogP contribution in [0.25, 0.3) is 10.6 Å². The van der Waals surface area contributed by atoms with Gasteiger partial charge in [-0.25, -0.2) is 9.78 Å². The average molecular weight is 323 g/mol. The Balaban J connectivity index is 1.62.